The third kappa shape index (κ3) is 7.28. The van der Waals surface area contributed by atoms with E-state index in [0.717, 1.165) is 32.1 Å². The van der Waals surface area contributed by atoms with Crippen molar-refractivity contribution in [2.75, 3.05) is 13.7 Å². The van der Waals surface area contributed by atoms with Gasteiger partial charge in [0.25, 0.3) is 0 Å². The number of aliphatic hydroxyl groups is 5. The van der Waals surface area contributed by atoms with Crippen LogP contribution in [0.5, 0.6) is 0 Å². The zero-order valence-electron chi connectivity index (χ0n) is 32.1. The van der Waals surface area contributed by atoms with E-state index in [1.165, 1.54) is 25.2 Å². The van der Waals surface area contributed by atoms with Crippen LogP contribution in [0, 0.1) is 39.4 Å². The zero-order chi connectivity index (χ0) is 37.8. The van der Waals surface area contributed by atoms with E-state index in [4.69, 9.17) is 4.74 Å². The van der Waals surface area contributed by atoms with Crippen LogP contribution in [0.3, 0.4) is 0 Å². The minimum Gasteiger partial charge on any atom is -0.468 e. The number of hydrogen-bond acceptors (Lipinski definition) is 10. The van der Waals surface area contributed by atoms with E-state index in [9.17, 15) is 39.9 Å². The number of esters is 2. The Morgan fingerprint density at radius 1 is 0.960 bits per heavy atom. The molecule has 0 aromatic rings. The molecule has 4 aliphatic carbocycles. The third-order valence-corrected chi connectivity index (χ3v) is 14.2. The molecule has 4 rings (SSSR count). The Labute approximate surface area is 298 Å². The van der Waals surface area contributed by atoms with E-state index in [1.807, 2.05) is 13.8 Å². The van der Waals surface area contributed by atoms with Gasteiger partial charge in [-0.15, -0.1) is 0 Å². The highest BCUT2D eigenvalue weighted by atomic mass is 16.6. The van der Waals surface area contributed by atoms with Crippen molar-refractivity contribution in [2.24, 2.45) is 39.4 Å². The Morgan fingerprint density at radius 2 is 1.60 bits per heavy atom. The predicted molar refractivity (Wildman–Crippen MR) is 187 cm³/mol. The molecule has 0 aromatic heterocycles. The summed E-state index contributed by atoms with van der Waals surface area (Å²) >= 11 is 0. The number of carbonyl (C=O) groups is 3. The highest BCUT2D eigenvalue weighted by Gasteiger charge is 2.67. The molecule has 286 valence electrons. The van der Waals surface area contributed by atoms with Crippen molar-refractivity contribution in [1.82, 2.24) is 5.32 Å². The van der Waals surface area contributed by atoms with Crippen molar-refractivity contribution in [3.8, 4) is 0 Å². The first-order valence-electron chi connectivity index (χ1n) is 18.6. The van der Waals surface area contributed by atoms with Crippen LogP contribution < -0.4 is 5.32 Å². The molecule has 0 heterocycles. The average Bonchev–Trinajstić information content (AvgIpc) is 3.29. The molecular formula is C39H65NO10. The van der Waals surface area contributed by atoms with Gasteiger partial charge in [0.1, 0.15) is 12.6 Å². The first-order chi connectivity index (χ1) is 22.8. The number of ether oxygens (including phenoxy) is 2. The molecule has 2 saturated carbocycles. The molecule has 11 heteroatoms. The molecule has 6 N–H and O–H groups in total. The molecule has 0 spiro atoms. The van der Waals surface area contributed by atoms with Crippen molar-refractivity contribution in [1.29, 1.82) is 0 Å². The molecule has 11 nitrogen and oxygen atoms in total. The van der Waals surface area contributed by atoms with Crippen LogP contribution in [0.1, 0.15) is 127 Å². The van der Waals surface area contributed by atoms with Gasteiger partial charge in [0.15, 0.2) is 0 Å². The molecule has 0 aliphatic heterocycles. The summed E-state index contributed by atoms with van der Waals surface area (Å²) in [6.45, 7) is 17.3. The van der Waals surface area contributed by atoms with Crippen LogP contribution in [0.25, 0.3) is 0 Å². The number of rotatable bonds is 12. The molecule has 0 radical (unpaired) electrons. The van der Waals surface area contributed by atoms with Crippen molar-refractivity contribution >= 4 is 17.8 Å². The maximum Gasteiger partial charge on any atom is 0.325 e. The summed E-state index contributed by atoms with van der Waals surface area (Å²) < 4.78 is 10.5. The van der Waals surface area contributed by atoms with E-state index in [2.05, 4.69) is 37.7 Å². The number of aliphatic hydroxyl groups excluding tert-OH is 3. The first-order valence-corrected chi connectivity index (χ1v) is 18.6. The van der Waals surface area contributed by atoms with Gasteiger partial charge in [0, 0.05) is 5.41 Å². The molecule has 2 fully saturated rings. The third-order valence-electron chi connectivity index (χ3n) is 14.2. The lowest BCUT2D eigenvalue weighted by Gasteiger charge is -2.64. The maximum atomic E-state index is 13.3. The molecule has 4 aliphatic rings. The molecule has 50 heavy (non-hydrogen) atoms. The summed E-state index contributed by atoms with van der Waals surface area (Å²) in [6.07, 6.45) is 1.66. The van der Waals surface area contributed by atoms with E-state index < -0.39 is 77.1 Å². The lowest BCUT2D eigenvalue weighted by molar-refractivity contribution is -0.193. The predicted octanol–water partition coefficient (Wildman–Crippen LogP) is 3.96. The molecule has 0 bridgehead atoms. The van der Waals surface area contributed by atoms with Gasteiger partial charge >= 0.3 is 11.9 Å². The van der Waals surface area contributed by atoms with Crippen LogP contribution in [0.15, 0.2) is 11.1 Å². The molecule has 0 aromatic carbocycles. The largest absolute Gasteiger partial charge is 0.468 e. The minimum absolute atomic E-state index is 0.0833. The lowest BCUT2D eigenvalue weighted by atomic mass is 9.42. The summed E-state index contributed by atoms with van der Waals surface area (Å²) in [5.74, 6) is -1.41. The summed E-state index contributed by atoms with van der Waals surface area (Å²) in [7, 11) is 1.20. The standard InChI is InChI=1S/C39H65NO10/c1-22(11-14-28(41)35(4,5)47)23-15-16-38(8)24-12-13-27-34(2,3)33(46)26(18-37(27,7)25(24)17-29(42)39(23,38)9)50-31(44)20-36(6,48)19-30(43)40-21-32(45)49-10/h22-23,26-29,33,41-42,46-48H,11-21H2,1-10H3,(H,40,43). The van der Waals surface area contributed by atoms with Gasteiger partial charge in [0.2, 0.25) is 5.91 Å². The quantitative estimate of drug-likeness (QED) is 0.128. The molecule has 11 unspecified atom stereocenters. The topological polar surface area (TPSA) is 183 Å². The summed E-state index contributed by atoms with van der Waals surface area (Å²) in [5, 5.41) is 58.0. The summed E-state index contributed by atoms with van der Waals surface area (Å²) in [4.78, 5) is 37.0. The van der Waals surface area contributed by atoms with Gasteiger partial charge in [-0.1, -0.05) is 52.7 Å². The number of hydrogen-bond donors (Lipinski definition) is 6. The van der Waals surface area contributed by atoms with Crippen molar-refractivity contribution in [3.05, 3.63) is 11.1 Å². The van der Waals surface area contributed by atoms with Gasteiger partial charge < -0.3 is 40.3 Å². The fraction of sp³-hybridized carbons (Fsp3) is 0.872. The van der Waals surface area contributed by atoms with E-state index >= 15 is 0 Å². The second kappa shape index (κ2) is 14.1. The van der Waals surface area contributed by atoms with E-state index in [0.29, 0.717) is 19.3 Å². The van der Waals surface area contributed by atoms with E-state index in [1.54, 1.807) is 13.8 Å². The van der Waals surface area contributed by atoms with Crippen LogP contribution >= 0.6 is 0 Å². The van der Waals surface area contributed by atoms with Crippen molar-refractivity contribution in [2.45, 2.75) is 162 Å². The second-order valence-electron chi connectivity index (χ2n) is 18.4. The first kappa shape index (κ1) is 40.7. The number of fused-ring (bicyclic) bond motifs is 4. The minimum atomic E-state index is -1.74. The highest BCUT2D eigenvalue weighted by molar-refractivity contribution is 5.83. The van der Waals surface area contributed by atoms with Crippen LogP contribution in [0.4, 0.5) is 0 Å². The zero-order valence-corrected chi connectivity index (χ0v) is 32.1. The Hall–Kier alpha value is -2.05. The molecule has 1 amide bonds. The summed E-state index contributed by atoms with van der Waals surface area (Å²) in [6, 6.07) is 0. The van der Waals surface area contributed by atoms with Gasteiger partial charge in [0.05, 0.1) is 49.5 Å². The number of nitrogens with one attached hydrogen (secondary N) is 1. The molecule has 11 atom stereocenters. The average molecular weight is 708 g/mol. The van der Waals surface area contributed by atoms with Gasteiger partial charge in [-0.3, -0.25) is 14.4 Å². The Morgan fingerprint density at radius 3 is 2.20 bits per heavy atom. The SMILES string of the molecule is COC(=O)CNC(=O)CC(C)(O)CC(=O)OC1CC2(C)C3=C(CCC2C(C)(C)C1O)C1(C)CCC(C(C)CCC(O)C(C)(C)O)C1(C)C(O)C3. The van der Waals surface area contributed by atoms with Crippen molar-refractivity contribution in [3.63, 3.8) is 0 Å². The Balaban J connectivity index is 1.56. The Kier molecular flexibility index (Phi) is 11.5. The monoisotopic (exact) mass is 707 g/mol. The fourth-order valence-corrected chi connectivity index (χ4v) is 11.1. The van der Waals surface area contributed by atoms with Gasteiger partial charge in [-0.25, -0.2) is 0 Å². The number of amides is 1. The van der Waals surface area contributed by atoms with Gasteiger partial charge in [-0.2, -0.15) is 0 Å². The van der Waals surface area contributed by atoms with Crippen LogP contribution in [-0.2, 0) is 23.9 Å². The molecule has 0 saturated heterocycles. The summed E-state index contributed by atoms with van der Waals surface area (Å²) in [5.41, 5.74) is -1.98. The Bertz CT molecular complexity index is 1330. The lowest BCUT2D eigenvalue weighted by Crippen LogP contribution is -2.62. The number of carbonyl (C=O) groups excluding carboxylic acids is 3. The van der Waals surface area contributed by atoms with Gasteiger partial charge in [-0.05, 0) is 106 Å². The maximum absolute atomic E-state index is 13.3. The van der Waals surface area contributed by atoms with Crippen molar-refractivity contribution < 1.29 is 49.4 Å². The fourth-order valence-electron chi connectivity index (χ4n) is 11.1. The second-order valence-corrected chi connectivity index (χ2v) is 18.4. The number of allylic oxidation sites excluding steroid dienone is 1. The normalized spacial score (nSPS) is 37.4. The van der Waals surface area contributed by atoms with Crippen LogP contribution in [0.2, 0.25) is 0 Å². The van der Waals surface area contributed by atoms with Crippen LogP contribution in [-0.4, -0.2) is 92.7 Å². The van der Waals surface area contributed by atoms with E-state index in [-0.39, 0.29) is 35.1 Å². The smallest absolute Gasteiger partial charge is 0.325 e. The highest BCUT2D eigenvalue weighted by Crippen LogP contribution is 2.72. The number of methoxy groups -OCH3 is 1. The molecular weight excluding hydrogens is 642 g/mol.